The molecular formula is C7H11NO3S. The standard InChI is InChI=1S/C7H11NO3S/c9-7(8-2-3-8)6-1-4-12(10,11)5-6/h6H,1-5H2. The van der Waals surface area contributed by atoms with Crippen molar-refractivity contribution in [3.63, 3.8) is 0 Å². The van der Waals surface area contributed by atoms with E-state index >= 15 is 0 Å². The lowest BCUT2D eigenvalue weighted by molar-refractivity contribution is -0.129. The Morgan fingerprint density at radius 3 is 2.42 bits per heavy atom. The molecule has 2 fully saturated rings. The maximum Gasteiger partial charge on any atom is 0.226 e. The Morgan fingerprint density at radius 2 is 2.00 bits per heavy atom. The lowest BCUT2D eigenvalue weighted by Gasteiger charge is -2.05. The van der Waals surface area contributed by atoms with Gasteiger partial charge in [-0.05, 0) is 6.42 Å². The van der Waals surface area contributed by atoms with Crippen LogP contribution in [0.5, 0.6) is 0 Å². The van der Waals surface area contributed by atoms with Crippen LogP contribution in [0.25, 0.3) is 0 Å². The molecule has 0 aromatic heterocycles. The second-order valence-corrected chi connectivity index (χ2v) is 5.65. The number of hydrogen-bond acceptors (Lipinski definition) is 3. The number of nitrogens with zero attached hydrogens (tertiary/aromatic N) is 1. The molecule has 0 N–H and O–H groups in total. The molecule has 1 unspecified atom stereocenters. The van der Waals surface area contributed by atoms with Crippen LogP contribution in [0.2, 0.25) is 0 Å². The third-order valence-corrected chi connectivity index (χ3v) is 4.11. The Kier molecular flexibility index (Phi) is 1.64. The van der Waals surface area contributed by atoms with Gasteiger partial charge in [-0.2, -0.15) is 0 Å². The molecule has 2 heterocycles. The molecular weight excluding hydrogens is 178 g/mol. The van der Waals surface area contributed by atoms with E-state index in [2.05, 4.69) is 0 Å². The summed E-state index contributed by atoms with van der Waals surface area (Å²) in [5.74, 6) is 0.0631. The minimum Gasteiger partial charge on any atom is -0.339 e. The molecule has 5 heteroatoms. The summed E-state index contributed by atoms with van der Waals surface area (Å²) in [5, 5.41) is 0. The molecule has 1 amide bonds. The van der Waals surface area contributed by atoms with Gasteiger partial charge in [-0.15, -0.1) is 0 Å². The summed E-state index contributed by atoms with van der Waals surface area (Å²) < 4.78 is 22.0. The summed E-state index contributed by atoms with van der Waals surface area (Å²) in [6.07, 6.45) is 0.525. The van der Waals surface area contributed by atoms with Gasteiger partial charge in [0.05, 0.1) is 17.4 Å². The van der Waals surface area contributed by atoms with Crippen molar-refractivity contribution in [2.24, 2.45) is 5.92 Å². The molecule has 4 nitrogen and oxygen atoms in total. The first-order valence-corrected chi connectivity index (χ1v) is 5.90. The van der Waals surface area contributed by atoms with E-state index in [1.54, 1.807) is 4.90 Å². The Bertz CT molecular complexity index is 305. The second kappa shape index (κ2) is 2.45. The predicted molar refractivity (Wildman–Crippen MR) is 43.3 cm³/mol. The van der Waals surface area contributed by atoms with Gasteiger partial charge in [0.2, 0.25) is 5.91 Å². The van der Waals surface area contributed by atoms with Crippen molar-refractivity contribution in [2.75, 3.05) is 24.6 Å². The first-order valence-electron chi connectivity index (χ1n) is 4.08. The van der Waals surface area contributed by atoms with Crippen molar-refractivity contribution in [1.29, 1.82) is 0 Å². The summed E-state index contributed by atoms with van der Waals surface area (Å²) in [6.45, 7) is 1.63. The van der Waals surface area contributed by atoms with E-state index in [9.17, 15) is 13.2 Å². The first kappa shape index (κ1) is 8.04. The average molecular weight is 189 g/mol. The summed E-state index contributed by atoms with van der Waals surface area (Å²) in [4.78, 5) is 13.1. The highest BCUT2D eigenvalue weighted by Gasteiger charge is 2.38. The molecule has 68 valence electrons. The van der Waals surface area contributed by atoms with E-state index < -0.39 is 9.84 Å². The minimum absolute atomic E-state index is 0.0380. The maximum atomic E-state index is 11.4. The fraction of sp³-hybridized carbons (Fsp3) is 0.857. The summed E-state index contributed by atoms with van der Waals surface area (Å²) >= 11 is 0. The summed E-state index contributed by atoms with van der Waals surface area (Å²) in [6, 6.07) is 0. The molecule has 2 aliphatic rings. The fourth-order valence-corrected chi connectivity index (χ4v) is 3.25. The molecule has 2 rings (SSSR count). The van der Waals surface area contributed by atoms with E-state index in [1.807, 2.05) is 0 Å². The number of hydrogen-bond donors (Lipinski definition) is 0. The zero-order valence-corrected chi connectivity index (χ0v) is 7.51. The third kappa shape index (κ3) is 1.46. The number of amides is 1. The Labute approximate surface area is 71.5 Å². The van der Waals surface area contributed by atoms with Crippen molar-refractivity contribution >= 4 is 15.7 Å². The largest absolute Gasteiger partial charge is 0.339 e. The predicted octanol–water partition coefficient (Wildman–Crippen LogP) is -0.737. The second-order valence-electron chi connectivity index (χ2n) is 3.43. The first-order chi connectivity index (χ1) is 5.58. The molecule has 2 aliphatic heterocycles. The van der Waals surface area contributed by atoms with Gasteiger partial charge in [-0.25, -0.2) is 8.42 Å². The lowest BCUT2D eigenvalue weighted by Crippen LogP contribution is -2.22. The van der Waals surface area contributed by atoms with Gasteiger partial charge in [0, 0.05) is 13.1 Å². The van der Waals surface area contributed by atoms with E-state index in [0.717, 1.165) is 13.1 Å². The molecule has 0 radical (unpaired) electrons. The van der Waals surface area contributed by atoms with Crippen LogP contribution in [-0.4, -0.2) is 43.8 Å². The zero-order valence-electron chi connectivity index (χ0n) is 6.69. The molecule has 0 spiro atoms. The Morgan fingerprint density at radius 1 is 1.33 bits per heavy atom. The molecule has 0 aromatic rings. The highest BCUT2D eigenvalue weighted by molar-refractivity contribution is 7.91. The van der Waals surface area contributed by atoms with Crippen LogP contribution in [0, 0.1) is 5.92 Å². The van der Waals surface area contributed by atoms with Crippen molar-refractivity contribution in [1.82, 2.24) is 4.90 Å². The highest BCUT2D eigenvalue weighted by Crippen LogP contribution is 2.22. The van der Waals surface area contributed by atoms with Crippen LogP contribution in [0.3, 0.4) is 0 Å². The molecule has 0 aromatic carbocycles. The number of carbonyl (C=O) groups is 1. The molecule has 0 saturated carbocycles. The van der Waals surface area contributed by atoms with Crippen molar-refractivity contribution in [2.45, 2.75) is 6.42 Å². The van der Waals surface area contributed by atoms with E-state index in [-0.39, 0.29) is 23.3 Å². The number of carbonyl (C=O) groups excluding carboxylic acids is 1. The van der Waals surface area contributed by atoms with Gasteiger partial charge < -0.3 is 4.90 Å². The zero-order chi connectivity index (χ0) is 8.77. The maximum absolute atomic E-state index is 11.4. The SMILES string of the molecule is O=C(C1CCS(=O)(=O)C1)N1CC1. The highest BCUT2D eigenvalue weighted by atomic mass is 32.2. The van der Waals surface area contributed by atoms with Gasteiger partial charge in [-0.3, -0.25) is 4.79 Å². The van der Waals surface area contributed by atoms with Gasteiger partial charge in [0.15, 0.2) is 9.84 Å². The van der Waals surface area contributed by atoms with Crippen LogP contribution < -0.4 is 0 Å². The van der Waals surface area contributed by atoms with Crippen LogP contribution in [0.4, 0.5) is 0 Å². The molecule has 0 bridgehead atoms. The third-order valence-electron chi connectivity index (χ3n) is 2.34. The Balaban J connectivity index is 2.03. The smallest absolute Gasteiger partial charge is 0.226 e. The van der Waals surface area contributed by atoms with Crippen LogP contribution in [0.15, 0.2) is 0 Å². The van der Waals surface area contributed by atoms with E-state index in [0.29, 0.717) is 6.42 Å². The Hall–Kier alpha value is -0.580. The monoisotopic (exact) mass is 189 g/mol. The van der Waals surface area contributed by atoms with Gasteiger partial charge in [0.25, 0.3) is 0 Å². The lowest BCUT2D eigenvalue weighted by atomic mass is 10.1. The van der Waals surface area contributed by atoms with Gasteiger partial charge in [0.1, 0.15) is 0 Å². The molecule has 2 saturated heterocycles. The number of sulfone groups is 1. The van der Waals surface area contributed by atoms with E-state index in [1.165, 1.54) is 0 Å². The van der Waals surface area contributed by atoms with Crippen LogP contribution >= 0.6 is 0 Å². The van der Waals surface area contributed by atoms with Crippen molar-refractivity contribution in [3.8, 4) is 0 Å². The van der Waals surface area contributed by atoms with Gasteiger partial charge >= 0.3 is 0 Å². The topological polar surface area (TPSA) is 54.2 Å². The fourth-order valence-electron chi connectivity index (χ4n) is 1.52. The quantitative estimate of drug-likeness (QED) is 0.511. The molecule has 1 atom stereocenters. The van der Waals surface area contributed by atoms with Crippen LogP contribution in [-0.2, 0) is 14.6 Å². The number of rotatable bonds is 1. The molecule has 0 aliphatic carbocycles. The molecule has 12 heavy (non-hydrogen) atoms. The summed E-state index contributed by atoms with van der Waals surface area (Å²) in [7, 11) is -2.89. The van der Waals surface area contributed by atoms with Crippen molar-refractivity contribution in [3.05, 3.63) is 0 Å². The minimum atomic E-state index is -2.89. The van der Waals surface area contributed by atoms with E-state index in [4.69, 9.17) is 0 Å². The van der Waals surface area contributed by atoms with Crippen molar-refractivity contribution < 1.29 is 13.2 Å². The average Bonchev–Trinajstić information content (AvgIpc) is 2.75. The normalized spacial score (nSPS) is 32.0. The van der Waals surface area contributed by atoms with Crippen LogP contribution in [0.1, 0.15) is 6.42 Å². The van der Waals surface area contributed by atoms with Gasteiger partial charge in [-0.1, -0.05) is 0 Å². The summed E-state index contributed by atoms with van der Waals surface area (Å²) in [5.41, 5.74) is 0.